The molecule has 1 atom stereocenters. The van der Waals surface area contributed by atoms with Crippen molar-refractivity contribution in [3.05, 3.63) is 29.8 Å². The molecule has 1 aromatic carbocycles. The van der Waals surface area contributed by atoms with Crippen LogP contribution in [0.3, 0.4) is 0 Å². The fourth-order valence-corrected chi connectivity index (χ4v) is 2.70. The molecular weight excluding hydrogens is 234 g/mol. The van der Waals surface area contributed by atoms with Crippen LogP contribution in [0.15, 0.2) is 24.3 Å². The number of likely N-dealkylation sites (N-methyl/N-ethyl adjacent to an activating group) is 1. The van der Waals surface area contributed by atoms with Gasteiger partial charge in [0.2, 0.25) is 0 Å². The number of benzene rings is 1. The van der Waals surface area contributed by atoms with E-state index in [4.69, 9.17) is 0 Å². The smallest absolute Gasteiger partial charge is 0.0366 e. The quantitative estimate of drug-likeness (QED) is 0.898. The topological polar surface area (TPSA) is 18.5 Å². The summed E-state index contributed by atoms with van der Waals surface area (Å²) in [7, 11) is 2.21. The fraction of sp³-hybridized carbons (Fsp3) is 0.625. The van der Waals surface area contributed by atoms with Crippen molar-refractivity contribution in [2.24, 2.45) is 0 Å². The van der Waals surface area contributed by atoms with Crippen LogP contribution in [0.4, 0.5) is 5.69 Å². The van der Waals surface area contributed by atoms with Gasteiger partial charge in [-0.05, 0) is 51.2 Å². The second-order valence-corrected chi connectivity index (χ2v) is 5.51. The normalized spacial score (nSPS) is 19.2. The lowest BCUT2D eigenvalue weighted by Gasteiger charge is -2.23. The lowest BCUT2D eigenvalue weighted by atomic mass is 10.1. The van der Waals surface area contributed by atoms with Crippen molar-refractivity contribution in [3.63, 3.8) is 0 Å². The summed E-state index contributed by atoms with van der Waals surface area (Å²) in [5.74, 6) is 0. The van der Waals surface area contributed by atoms with E-state index in [9.17, 15) is 0 Å². The largest absolute Gasteiger partial charge is 0.370 e. The van der Waals surface area contributed by atoms with Gasteiger partial charge in [0, 0.05) is 31.4 Å². The van der Waals surface area contributed by atoms with Crippen molar-refractivity contribution < 1.29 is 0 Å². The summed E-state index contributed by atoms with van der Waals surface area (Å²) in [5.41, 5.74) is 2.74. The molecule has 1 aliphatic rings. The van der Waals surface area contributed by atoms with Gasteiger partial charge in [-0.25, -0.2) is 0 Å². The van der Waals surface area contributed by atoms with E-state index >= 15 is 0 Å². The molecule has 1 fully saturated rings. The van der Waals surface area contributed by atoms with Gasteiger partial charge < -0.3 is 15.1 Å². The van der Waals surface area contributed by atoms with E-state index < -0.39 is 0 Å². The third kappa shape index (κ3) is 3.95. The standard InChI is InChI=1S/C16H27N3/c1-4-17-14(2)15-6-8-16(9-7-15)19-11-5-10-18(3)12-13-19/h6-9,14,17H,4-5,10-13H2,1-3H3. The molecular formula is C16H27N3. The van der Waals surface area contributed by atoms with Gasteiger partial charge in [0.25, 0.3) is 0 Å². The lowest BCUT2D eigenvalue weighted by Crippen LogP contribution is -2.28. The lowest BCUT2D eigenvalue weighted by molar-refractivity contribution is 0.360. The van der Waals surface area contributed by atoms with Crippen LogP contribution in [0.2, 0.25) is 0 Å². The molecule has 0 spiro atoms. The summed E-state index contributed by atoms with van der Waals surface area (Å²) in [6, 6.07) is 9.51. The predicted molar refractivity (Wildman–Crippen MR) is 82.9 cm³/mol. The van der Waals surface area contributed by atoms with Gasteiger partial charge in [0.15, 0.2) is 0 Å². The number of hydrogen-bond donors (Lipinski definition) is 1. The Labute approximate surface area is 117 Å². The van der Waals surface area contributed by atoms with Gasteiger partial charge in [-0.1, -0.05) is 19.1 Å². The molecule has 106 valence electrons. The Balaban J connectivity index is 2.01. The number of nitrogens with zero attached hydrogens (tertiary/aromatic N) is 2. The highest BCUT2D eigenvalue weighted by Crippen LogP contribution is 2.20. The minimum Gasteiger partial charge on any atom is -0.370 e. The average Bonchev–Trinajstić information content (AvgIpc) is 2.64. The van der Waals surface area contributed by atoms with E-state index in [-0.39, 0.29) is 0 Å². The zero-order chi connectivity index (χ0) is 13.7. The summed E-state index contributed by atoms with van der Waals surface area (Å²) >= 11 is 0. The average molecular weight is 261 g/mol. The van der Waals surface area contributed by atoms with Crippen molar-refractivity contribution in [2.45, 2.75) is 26.3 Å². The predicted octanol–water partition coefficient (Wildman–Crippen LogP) is 2.50. The molecule has 19 heavy (non-hydrogen) atoms. The van der Waals surface area contributed by atoms with E-state index in [1.807, 2.05) is 0 Å². The van der Waals surface area contributed by atoms with Gasteiger partial charge in [-0.2, -0.15) is 0 Å². The Morgan fingerprint density at radius 3 is 2.53 bits per heavy atom. The molecule has 0 radical (unpaired) electrons. The van der Waals surface area contributed by atoms with Crippen molar-refractivity contribution in [2.75, 3.05) is 44.7 Å². The maximum absolute atomic E-state index is 3.46. The maximum atomic E-state index is 3.46. The Morgan fingerprint density at radius 2 is 1.84 bits per heavy atom. The number of hydrogen-bond acceptors (Lipinski definition) is 3. The zero-order valence-corrected chi connectivity index (χ0v) is 12.5. The second kappa shape index (κ2) is 6.92. The molecule has 0 saturated carbocycles. The van der Waals surface area contributed by atoms with E-state index in [2.05, 4.69) is 60.3 Å². The summed E-state index contributed by atoms with van der Waals surface area (Å²) in [5, 5.41) is 3.46. The molecule has 0 bridgehead atoms. The maximum Gasteiger partial charge on any atom is 0.0366 e. The highest BCUT2D eigenvalue weighted by atomic mass is 15.2. The molecule has 1 heterocycles. The molecule has 3 nitrogen and oxygen atoms in total. The third-order valence-corrected chi connectivity index (χ3v) is 3.99. The van der Waals surface area contributed by atoms with Gasteiger partial charge in [0.1, 0.15) is 0 Å². The number of anilines is 1. The van der Waals surface area contributed by atoms with Crippen LogP contribution in [0, 0.1) is 0 Å². The highest BCUT2D eigenvalue weighted by molar-refractivity contribution is 5.48. The van der Waals surface area contributed by atoms with Crippen LogP contribution >= 0.6 is 0 Å². The first-order chi connectivity index (χ1) is 9.20. The van der Waals surface area contributed by atoms with Crippen molar-refractivity contribution in [1.29, 1.82) is 0 Å². The van der Waals surface area contributed by atoms with Crippen LogP contribution in [-0.2, 0) is 0 Å². The van der Waals surface area contributed by atoms with Crippen LogP contribution < -0.4 is 10.2 Å². The molecule has 2 rings (SSSR count). The van der Waals surface area contributed by atoms with E-state index in [0.29, 0.717) is 6.04 Å². The van der Waals surface area contributed by atoms with Crippen LogP contribution in [0.1, 0.15) is 31.9 Å². The Hall–Kier alpha value is -1.06. The molecule has 3 heteroatoms. The molecule has 1 saturated heterocycles. The third-order valence-electron chi connectivity index (χ3n) is 3.99. The van der Waals surface area contributed by atoms with Crippen molar-refractivity contribution >= 4 is 5.69 Å². The molecule has 0 amide bonds. The van der Waals surface area contributed by atoms with Crippen LogP contribution in [0.25, 0.3) is 0 Å². The molecule has 1 aromatic rings. The van der Waals surface area contributed by atoms with Crippen molar-refractivity contribution in [1.82, 2.24) is 10.2 Å². The Bertz CT molecular complexity index is 374. The minimum atomic E-state index is 0.439. The molecule has 1 N–H and O–H groups in total. The van der Waals surface area contributed by atoms with Gasteiger partial charge in [-0.15, -0.1) is 0 Å². The summed E-state index contributed by atoms with van der Waals surface area (Å²) in [6.07, 6.45) is 1.26. The monoisotopic (exact) mass is 261 g/mol. The molecule has 1 aliphatic heterocycles. The Morgan fingerprint density at radius 1 is 1.11 bits per heavy atom. The van der Waals surface area contributed by atoms with Gasteiger partial charge in [-0.3, -0.25) is 0 Å². The minimum absolute atomic E-state index is 0.439. The SMILES string of the molecule is CCNC(C)c1ccc(N2CCCN(C)CC2)cc1. The zero-order valence-electron chi connectivity index (χ0n) is 12.5. The molecule has 0 aromatic heterocycles. The van der Waals surface area contributed by atoms with Crippen LogP contribution in [-0.4, -0.2) is 44.7 Å². The summed E-state index contributed by atoms with van der Waals surface area (Å²) < 4.78 is 0. The van der Waals surface area contributed by atoms with E-state index in [0.717, 1.165) is 19.6 Å². The first-order valence-electron chi connectivity index (χ1n) is 7.47. The van der Waals surface area contributed by atoms with E-state index in [1.54, 1.807) is 0 Å². The van der Waals surface area contributed by atoms with Crippen molar-refractivity contribution in [3.8, 4) is 0 Å². The summed E-state index contributed by atoms with van der Waals surface area (Å²) in [4.78, 5) is 4.92. The number of nitrogens with one attached hydrogen (secondary N) is 1. The first-order valence-corrected chi connectivity index (χ1v) is 7.47. The fourth-order valence-electron chi connectivity index (χ4n) is 2.70. The Kier molecular flexibility index (Phi) is 5.23. The van der Waals surface area contributed by atoms with Crippen LogP contribution in [0.5, 0.6) is 0 Å². The molecule has 1 unspecified atom stereocenters. The van der Waals surface area contributed by atoms with E-state index in [1.165, 1.54) is 30.8 Å². The highest BCUT2D eigenvalue weighted by Gasteiger charge is 2.12. The van der Waals surface area contributed by atoms with Gasteiger partial charge in [0.05, 0.1) is 0 Å². The first kappa shape index (κ1) is 14.4. The molecule has 0 aliphatic carbocycles. The number of rotatable bonds is 4. The second-order valence-electron chi connectivity index (χ2n) is 5.51. The van der Waals surface area contributed by atoms with Gasteiger partial charge >= 0.3 is 0 Å². The summed E-state index contributed by atoms with van der Waals surface area (Å²) in [6.45, 7) is 10.1.